The Morgan fingerprint density at radius 1 is 0.943 bits per heavy atom. The number of carbonyl (C=O) groups is 3. The van der Waals surface area contributed by atoms with Crippen molar-refractivity contribution in [2.45, 2.75) is 26.4 Å². The van der Waals surface area contributed by atoms with E-state index in [1.54, 1.807) is 48.5 Å². The van der Waals surface area contributed by atoms with Gasteiger partial charge in [-0.05, 0) is 67.8 Å². The molecule has 3 aromatic rings. The average molecular weight is 467 g/mol. The standard InChI is InChI=1S/C29H26N2O4/c1-19-10-15-25-26(16-19)29(34)31(28(25)33)23-9-5-8-21(17-23)27(32)30-22-11-13-24(14-12-22)35-18-20-6-3-2-4-7-20/h2-14,17,25-26H,15-16,18H2,1H3,(H,30,32)/t25-,26+/m1/s1. The zero-order valence-electron chi connectivity index (χ0n) is 19.4. The van der Waals surface area contributed by atoms with E-state index in [9.17, 15) is 14.4 Å². The first kappa shape index (κ1) is 22.6. The first-order valence-electron chi connectivity index (χ1n) is 11.7. The smallest absolute Gasteiger partial charge is 0.255 e. The van der Waals surface area contributed by atoms with Gasteiger partial charge in [-0.3, -0.25) is 19.3 Å². The lowest BCUT2D eigenvalue weighted by atomic mass is 9.82. The highest BCUT2D eigenvalue weighted by Gasteiger charge is 2.48. The molecular formula is C29H26N2O4. The summed E-state index contributed by atoms with van der Waals surface area (Å²) in [4.78, 5) is 40.1. The van der Waals surface area contributed by atoms with Gasteiger partial charge in [0.25, 0.3) is 5.91 Å². The van der Waals surface area contributed by atoms with Crippen molar-refractivity contribution < 1.29 is 19.1 Å². The molecule has 1 aliphatic heterocycles. The van der Waals surface area contributed by atoms with Crippen LogP contribution in [0.15, 0.2) is 90.5 Å². The van der Waals surface area contributed by atoms with E-state index in [1.807, 2.05) is 43.3 Å². The molecule has 1 N–H and O–H groups in total. The summed E-state index contributed by atoms with van der Waals surface area (Å²) in [7, 11) is 0. The van der Waals surface area contributed by atoms with Gasteiger partial charge in [-0.1, -0.05) is 48.0 Å². The van der Waals surface area contributed by atoms with Crippen molar-refractivity contribution >= 4 is 29.1 Å². The van der Waals surface area contributed by atoms with E-state index in [0.29, 0.717) is 42.1 Å². The first-order valence-corrected chi connectivity index (χ1v) is 11.7. The summed E-state index contributed by atoms with van der Waals surface area (Å²) < 4.78 is 5.79. The molecule has 176 valence electrons. The van der Waals surface area contributed by atoms with E-state index in [4.69, 9.17) is 4.74 Å². The molecule has 0 saturated carbocycles. The lowest BCUT2D eigenvalue weighted by molar-refractivity contribution is -0.122. The monoisotopic (exact) mass is 466 g/mol. The minimum absolute atomic E-state index is 0.184. The quantitative estimate of drug-likeness (QED) is 0.392. The summed E-state index contributed by atoms with van der Waals surface area (Å²) in [6, 6.07) is 23.7. The molecular weight excluding hydrogens is 440 g/mol. The Morgan fingerprint density at radius 3 is 2.46 bits per heavy atom. The topological polar surface area (TPSA) is 75.7 Å². The molecule has 0 spiro atoms. The van der Waals surface area contributed by atoms with Gasteiger partial charge < -0.3 is 10.1 Å². The van der Waals surface area contributed by atoms with Crippen molar-refractivity contribution in [3.63, 3.8) is 0 Å². The summed E-state index contributed by atoms with van der Waals surface area (Å²) in [5, 5.41) is 2.86. The van der Waals surface area contributed by atoms with Crippen molar-refractivity contribution in [2.24, 2.45) is 11.8 Å². The van der Waals surface area contributed by atoms with Gasteiger partial charge in [0.1, 0.15) is 12.4 Å². The molecule has 6 nitrogen and oxygen atoms in total. The second-order valence-corrected chi connectivity index (χ2v) is 9.02. The predicted octanol–water partition coefficient (Wildman–Crippen LogP) is 5.36. The minimum Gasteiger partial charge on any atom is -0.489 e. The van der Waals surface area contributed by atoms with Gasteiger partial charge in [-0.25, -0.2) is 0 Å². The van der Waals surface area contributed by atoms with Crippen LogP contribution in [0, 0.1) is 11.8 Å². The van der Waals surface area contributed by atoms with Gasteiger partial charge in [-0.15, -0.1) is 0 Å². The molecule has 6 heteroatoms. The second-order valence-electron chi connectivity index (χ2n) is 9.02. The van der Waals surface area contributed by atoms with Crippen LogP contribution in [0.5, 0.6) is 5.75 Å². The molecule has 3 aromatic carbocycles. The number of nitrogens with one attached hydrogen (secondary N) is 1. The minimum atomic E-state index is -0.321. The zero-order chi connectivity index (χ0) is 24.4. The fourth-order valence-electron chi connectivity index (χ4n) is 4.66. The number of anilines is 2. The van der Waals surface area contributed by atoms with Crippen molar-refractivity contribution in [1.29, 1.82) is 0 Å². The van der Waals surface area contributed by atoms with E-state index in [2.05, 4.69) is 5.32 Å². The summed E-state index contributed by atoms with van der Waals surface area (Å²) in [6.45, 7) is 2.45. The molecule has 5 rings (SSSR count). The molecule has 1 aliphatic carbocycles. The number of hydrogen-bond acceptors (Lipinski definition) is 4. The normalized spacial score (nSPS) is 19.2. The number of hydrogen-bond donors (Lipinski definition) is 1. The number of fused-ring (bicyclic) bond motifs is 1. The number of rotatable bonds is 6. The van der Waals surface area contributed by atoms with Crippen molar-refractivity contribution in [1.82, 2.24) is 0 Å². The third-order valence-electron chi connectivity index (χ3n) is 6.55. The van der Waals surface area contributed by atoms with Gasteiger partial charge in [0, 0.05) is 11.3 Å². The molecule has 35 heavy (non-hydrogen) atoms. The number of amides is 3. The molecule has 1 fully saturated rings. The van der Waals surface area contributed by atoms with Gasteiger partial charge in [0.15, 0.2) is 0 Å². The molecule has 0 bridgehead atoms. The number of allylic oxidation sites excluding steroid dienone is 2. The van der Waals surface area contributed by atoms with Crippen LogP contribution in [0.4, 0.5) is 11.4 Å². The number of ether oxygens (including phenoxy) is 1. The van der Waals surface area contributed by atoms with Crippen molar-refractivity contribution in [3.05, 3.63) is 102 Å². The number of nitrogens with zero attached hydrogens (tertiary/aromatic N) is 1. The summed E-state index contributed by atoms with van der Waals surface area (Å²) in [6.07, 6.45) is 3.23. The second kappa shape index (κ2) is 9.58. The van der Waals surface area contributed by atoms with Crippen LogP contribution >= 0.6 is 0 Å². The Balaban J connectivity index is 1.25. The lowest BCUT2D eigenvalue weighted by Crippen LogP contribution is -2.31. The van der Waals surface area contributed by atoms with E-state index in [1.165, 1.54) is 4.90 Å². The molecule has 2 atom stereocenters. The summed E-state index contributed by atoms with van der Waals surface area (Å²) in [5.74, 6) is -0.618. The highest BCUT2D eigenvalue weighted by Crippen LogP contribution is 2.39. The number of carbonyl (C=O) groups excluding carboxylic acids is 3. The van der Waals surface area contributed by atoms with Gasteiger partial charge in [0.05, 0.1) is 17.5 Å². The lowest BCUT2D eigenvalue weighted by Gasteiger charge is -2.18. The number of benzene rings is 3. The Hall–Kier alpha value is -4.19. The van der Waals surface area contributed by atoms with Crippen LogP contribution in [0.1, 0.15) is 35.7 Å². The Morgan fingerprint density at radius 2 is 1.69 bits per heavy atom. The third-order valence-corrected chi connectivity index (χ3v) is 6.55. The Bertz CT molecular complexity index is 1300. The fraction of sp³-hybridized carbons (Fsp3) is 0.207. The first-order chi connectivity index (χ1) is 17.0. The molecule has 2 aliphatic rings. The highest BCUT2D eigenvalue weighted by molar-refractivity contribution is 6.22. The maximum atomic E-state index is 13.0. The molecule has 0 aromatic heterocycles. The van der Waals surface area contributed by atoms with Gasteiger partial charge in [-0.2, -0.15) is 0 Å². The molecule has 0 unspecified atom stereocenters. The third kappa shape index (κ3) is 4.73. The summed E-state index contributed by atoms with van der Waals surface area (Å²) in [5.41, 5.74) is 3.64. The van der Waals surface area contributed by atoms with Crippen LogP contribution in [-0.4, -0.2) is 17.7 Å². The van der Waals surface area contributed by atoms with E-state index in [-0.39, 0.29) is 29.6 Å². The van der Waals surface area contributed by atoms with Crippen LogP contribution < -0.4 is 15.0 Å². The SMILES string of the molecule is CC1=CC[C@H]2C(=O)N(c3cccc(C(=O)Nc4ccc(OCc5ccccc5)cc4)c3)C(=O)[C@H]2C1. The van der Waals surface area contributed by atoms with Crippen molar-refractivity contribution in [3.8, 4) is 5.75 Å². The molecule has 0 radical (unpaired) electrons. The molecule has 3 amide bonds. The van der Waals surface area contributed by atoms with Crippen LogP contribution in [0.25, 0.3) is 0 Å². The van der Waals surface area contributed by atoms with Crippen LogP contribution in [0.2, 0.25) is 0 Å². The molecule has 1 heterocycles. The van der Waals surface area contributed by atoms with E-state index in [0.717, 1.165) is 11.1 Å². The van der Waals surface area contributed by atoms with Gasteiger partial charge >= 0.3 is 0 Å². The Kier molecular flexibility index (Phi) is 6.19. The zero-order valence-corrected chi connectivity index (χ0v) is 19.4. The van der Waals surface area contributed by atoms with Crippen LogP contribution in [-0.2, 0) is 16.2 Å². The average Bonchev–Trinajstić information content (AvgIpc) is 3.13. The largest absolute Gasteiger partial charge is 0.489 e. The fourth-order valence-corrected chi connectivity index (χ4v) is 4.66. The maximum Gasteiger partial charge on any atom is 0.255 e. The summed E-state index contributed by atoms with van der Waals surface area (Å²) >= 11 is 0. The highest BCUT2D eigenvalue weighted by atomic mass is 16.5. The van der Waals surface area contributed by atoms with Crippen LogP contribution in [0.3, 0.4) is 0 Å². The Labute approximate surface area is 204 Å². The van der Waals surface area contributed by atoms with Crippen molar-refractivity contribution in [2.75, 3.05) is 10.2 Å². The van der Waals surface area contributed by atoms with E-state index < -0.39 is 0 Å². The maximum absolute atomic E-state index is 13.0. The van der Waals surface area contributed by atoms with Gasteiger partial charge in [0.2, 0.25) is 11.8 Å². The predicted molar refractivity (Wildman–Crippen MR) is 134 cm³/mol. The van der Waals surface area contributed by atoms with E-state index >= 15 is 0 Å². The molecule has 1 saturated heterocycles. The number of imide groups is 1.